The van der Waals surface area contributed by atoms with Crippen LogP contribution >= 0.6 is 11.8 Å². The third-order valence-corrected chi connectivity index (χ3v) is 5.19. The molecule has 1 aliphatic carbocycles. The van der Waals surface area contributed by atoms with E-state index >= 15 is 0 Å². The molecule has 3 unspecified atom stereocenters. The van der Waals surface area contributed by atoms with Crippen molar-refractivity contribution in [2.75, 3.05) is 0 Å². The zero-order valence-corrected chi connectivity index (χ0v) is 11.5. The summed E-state index contributed by atoms with van der Waals surface area (Å²) in [6.45, 7) is 2.20. The molecule has 2 nitrogen and oxygen atoms in total. The Balaban J connectivity index is 2.07. The minimum Gasteiger partial charge on any atom is -0.481 e. The molecule has 0 amide bonds. The molecule has 1 N–H and O–H groups in total. The number of aliphatic carboxylic acids is 1. The van der Waals surface area contributed by atoms with Crippen molar-refractivity contribution in [3.05, 3.63) is 30.3 Å². The highest BCUT2D eigenvalue weighted by atomic mass is 32.2. The fourth-order valence-electron chi connectivity index (χ4n) is 2.67. The second kappa shape index (κ2) is 6.28. The van der Waals surface area contributed by atoms with Crippen LogP contribution in [0.25, 0.3) is 0 Å². The third kappa shape index (κ3) is 3.29. The van der Waals surface area contributed by atoms with E-state index in [1.807, 2.05) is 18.2 Å². The highest BCUT2D eigenvalue weighted by Crippen LogP contribution is 2.40. The standard InChI is InChI=1S/C15H20O2S/c1-2-11-8-9-13(15(16)17)14(10-11)18-12-6-4-3-5-7-12/h3-7,11,13-14H,2,8-10H2,1H3,(H,16,17). The van der Waals surface area contributed by atoms with Gasteiger partial charge in [-0.15, -0.1) is 11.8 Å². The Morgan fingerprint density at radius 3 is 2.67 bits per heavy atom. The molecule has 98 valence electrons. The van der Waals surface area contributed by atoms with Crippen molar-refractivity contribution in [2.45, 2.75) is 42.8 Å². The topological polar surface area (TPSA) is 37.3 Å². The van der Waals surface area contributed by atoms with Crippen molar-refractivity contribution >= 4 is 17.7 Å². The van der Waals surface area contributed by atoms with E-state index in [4.69, 9.17) is 0 Å². The van der Waals surface area contributed by atoms with E-state index in [0.717, 1.165) is 25.7 Å². The molecule has 0 aromatic heterocycles. The Morgan fingerprint density at radius 1 is 1.33 bits per heavy atom. The first-order chi connectivity index (χ1) is 8.70. The molecule has 3 atom stereocenters. The Morgan fingerprint density at radius 2 is 2.06 bits per heavy atom. The third-order valence-electron chi connectivity index (χ3n) is 3.83. The van der Waals surface area contributed by atoms with Gasteiger partial charge < -0.3 is 5.11 Å². The van der Waals surface area contributed by atoms with Crippen LogP contribution in [-0.2, 0) is 4.79 Å². The Hall–Kier alpha value is -0.960. The number of rotatable bonds is 4. The summed E-state index contributed by atoms with van der Waals surface area (Å²) in [7, 11) is 0. The maximum atomic E-state index is 11.3. The molecule has 3 heteroatoms. The van der Waals surface area contributed by atoms with Gasteiger partial charge in [0.25, 0.3) is 0 Å². The number of benzene rings is 1. The smallest absolute Gasteiger partial charge is 0.307 e. The maximum absolute atomic E-state index is 11.3. The van der Waals surface area contributed by atoms with Crippen molar-refractivity contribution in [1.29, 1.82) is 0 Å². The van der Waals surface area contributed by atoms with Gasteiger partial charge in [0.15, 0.2) is 0 Å². The Labute approximate surface area is 113 Å². The first-order valence-electron chi connectivity index (χ1n) is 6.65. The lowest BCUT2D eigenvalue weighted by molar-refractivity contribution is -0.142. The van der Waals surface area contributed by atoms with E-state index in [1.54, 1.807) is 11.8 Å². The summed E-state index contributed by atoms with van der Waals surface area (Å²) in [6.07, 6.45) is 4.10. The first kappa shape index (κ1) is 13.5. The lowest BCUT2D eigenvalue weighted by atomic mass is 9.80. The van der Waals surface area contributed by atoms with Crippen LogP contribution in [0.4, 0.5) is 0 Å². The number of hydrogen-bond donors (Lipinski definition) is 1. The molecule has 0 bridgehead atoms. The molecule has 0 heterocycles. The van der Waals surface area contributed by atoms with Gasteiger partial charge in [-0.3, -0.25) is 4.79 Å². The number of hydrogen-bond acceptors (Lipinski definition) is 2. The van der Waals surface area contributed by atoms with E-state index in [-0.39, 0.29) is 11.2 Å². The predicted octanol–water partition coefficient (Wildman–Crippen LogP) is 4.06. The molecule has 1 aromatic rings. The van der Waals surface area contributed by atoms with Crippen LogP contribution in [0.1, 0.15) is 32.6 Å². The van der Waals surface area contributed by atoms with Crippen molar-refractivity contribution in [2.24, 2.45) is 11.8 Å². The van der Waals surface area contributed by atoms with Crippen molar-refractivity contribution in [1.82, 2.24) is 0 Å². The summed E-state index contributed by atoms with van der Waals surface area (Å²) in [5.74, 6) is -0.113. The summed E-state index contributed by atoms with van der Waals surface area (Å²) in [4.78, 5) is 12.5. The van der Waals surface area contributed by atoms with Crippen LogP contribution in [0.3, 0.4) is 0 Å². The molecule has 2 rings (SSSR count). The summed E-state index contributed by atoms with van der Waals surface area (Å²) in [6, 6.07) is 10.2. The molecule has 0 radical (unpaired) electrons. The second-order valence-corrected chi connectivity index (χ2v) is 6.31. The summed E-state index contributed by atoms with van der Waals surface area (Å²) >= 11 is 1.74. The number of carboxylic acid groups (broad SMARTS) is 1. The van der Waals surface area contributed by atoms with Crippen LogP contribution in [0.2, 0.25) is 0 Å². The van der Waals surface area contributed by atoms with Gasteiger partial charge in [-0.1, -0.05) is 31.5 Å². The normalized spacial score (nSPS) is 27.9. The van der Waals surface area contributed by atoms with Crippen LogP contribution < -0.4 is 0 Å². The molecule has 1 aromatic carbocycles. The quantitative estimate of drug-likeness (QED) is 0.891. The number of carbonyl (C=O) groups is 1. The monoisotopic (exact) mass is 264 g/mol. The van der Waals surface area contributed by atoms with Crippen molar-refractivity contribution in [3.63, 3.8) is 0 Å². The number of thioether (sulfide) groups is 1. The Kier molecular flexibility index (Phi) is 4.70. The van der Waals surface area contributed by atoms with Crippen LogP contribution in [0.5, 0.6) is 0 Å². The van der Waals surface area contributed by atoms with E-state index in [1.165, 1.54) is 4.90 Å². The summed E-state index contributed by atoms with van der Waals surface area (Å²) in [5.41, 5.74) is 0. The highest BCUT2D eigenvalue weighted by Gasteiger charge is 2.34. The molecule has 0 aliphatic heterocycles. The lowest BCUT2D eigenvalue weighted by Gasteiger charge is -2.33. The molecule has 1 aliphatic rings. The highest BCUT2D eigenvalue weighted by molar-refractivity contribution is 8.00. The minimum atomic E-state index is -0.627. The largest absolute Gasteiger partial charge is 0.481 e. The van der Waals surface area contributed by atoms with Gasteiger partial charge in [0, 0.05) is 10.1 Å². The van der Waals surface area contributed by atoms with Crippen molar-refractivity contribution < 1.29 is 9.90 Å². The van der Waals surface area contributed by atoms with E-state index in [9.17, 15) is 9.90 Å². The molecule has 0 saturated heterocycles. The maximum Gasteiger partial charge on any atom is 0.307 e. The molecule has 18 heavy (non-hydrogen) atoms. The van der Waals surface area contributed by atoms with E-state index in [0.29, 0.717) is 5.92 Å². The van der Waals surface area contributed by atoms with Crippen LogP contribution in [0.15, 0.2) is 35.2 Å². The van der Waals surface area contributed by atoms with E-state index < -0.39 is 5.97 Å². The van der Waals surface area contributed by atoms with Gasteiger partial charge in [-0.05, 0) is 37.3 Å². The van der Waals surface area contributed by atoms with Crippen LogP contribution in [0, 0.1) is 11.8 Å². The van der Waals surface area contributed by atoms with Crippen molar-refractivity contribution in [3.8, 4) is 0 Å². The summed E-state index contributed by atoms with van der Waals surface area (Å²) < 4.78 is 0. The molecular weight excluding hydrogens is 244 g/mol. The fraction of sp³-hybridized carbons (Fsp3) is 0.533. The average molecular weight is 264 g/mol. The Bertz CT molecular complexity index is 391. The molecule has 1 saturated carbocycles. The minimum absolute atomic E-state index is 0.182. The zero-order chi connectivity index (χ0) is 13.0. The van der Waals surface area contributed by atoms with Gasteiger partial charge in [0.05, 0.1) is 5.92 Å². The average Bonchev–Trinajstić information content (AvgIpc) is 2.39. The molecule has 1 fully saturated rings. The fourth-order valence-corrected chi connectivity index (χ4v) is 4.12. The van der Waals surface area contributed by atoms with Gasteiger partial charge in [-0.2, -0.15) is 0 Å². The van der Waals surface area contributed by atoms with E-state index in [2.05, 4.69) is 19.1 Å². The van der Waals surface area contributed by atoms with Gasteiger partial charge in [-0.25, -0.2) is 0 Å². The molecule has 0 spiro atoms. The SMILES string of the molecule is CCC1CCC(C(=O)O)C(Sc2ccccc2)C1. The zero-order valence-electron chi connectivity index (χ0n) is 10.7. The lowest BCUT2D eigenvalue weighted by Crippen LogP contribution is -2.32. The van der Waals surface area contributed by atoms with Crippen LogP contribution in [-0.4, -0.2) is 16.3 Å². The van der Waals surface area contributed by atoms with Gasteiger partial charge in [0.1, 0.15) is 0 Å². The second-order valence-electron chi connectivity index (χ2n) is 5.00. The van der Waals surface area contributed by atoms with Gasteiger partial charge >= 0.3 is 5.97 Å². The first-order valence-corrected chi connectivity index (χ1v) is 7.53. The molecular formula is C15H20O2S. The predicted molar refractivity (Wildman–Crippen MR) is 74.8 cm³/mol. The summed E-state index contributed by atoms with van der Waals surface area (Å²) in [5, 5.41) is 9.56. The van der Waals surface area contributed by atoms with Gasteiger partial charge in [0.2, 0.25) is 0 Å². The number of carboxylic acids is 1.